The second-order valence-corrected chi connectivity index (χ2v) is 8.39. The van der Waals surface area contributed by atoms with Gasteiger partial charge in [-0.3, -0.25) is 14.3 Å². The molecule has 0 aliphatic carbocycles. The van der Waals surface area contributed by atoms with E-state index in [1.807, 2.05) is 30.1 Å². The van der Waals surface area contributed by atoms with Crippen LogP contribution in [0.1, 0.15) is 54.9 Å². The van der Waals surface area contributed by atoms with Crippen molar-refractivity contribution in [1.29, 1.82) is 0 Å². The number of carbonyl (C=O) groups is 2. The van der Waals surface area contributed by atoms with E-state index >= 15 is 0 Å². The molecule has 0 unspecified atom stereocenters. The molecule has 2 aliphatic rings. The average Bonchev–Trinajstić information content (AvgIpc) is 3.26. The van der Waals surface area contributed by atoms with Gasteiger partial charge >= 0.3 is 0 Å². The molecule has 2 aromatic rings. The number of amides is 2. The van der Waals surface area contributed by atoms with Gasteiger partial charge < -0.3 is 9.80 Å². The summed E-state index contributed by atoms with van der Waals surface area (Å²) in [6.07, 6.45) is 9.29. The zero-order valence-electron chi connectivity index (χ0n) is 17.3. The van der Waals surface area contributed by atoms with Gasteiger partial charge in [-0.15, -0.1) is 0 Å². The van der Waals surface area contributed by atoms with E-state index in [0.717, 1.165) is 45.1 Å². The minimum atomic E-state index is 0.0406. The molecule has 0 N–H and O–H groups in total. The molecule has 2 saturated heterocycles. The Balaban J connectivity index is 1.63. The fourth-order valence-electron chi connectivity index (χ4n) is 5.16. The number of benzene rings is 1. The van der Waals surface area contributed by atoms with Crippen LogP contribution in [0.3, 0.4) is 0 Å². The molecule has 2 aliphatic heterocycles. The molecule has 0 bridgehead atoms. The van der Waals surface area contributed by atoms with E-state index in [2.05, 4.69) is 22.1 Å². The highest BCUT2D eigenvalue weighted by atomic mass is 16.2. The first kappa shape index (κ1) is 19.7. The third-order valence-electron chi connectivity index (χ3n) is 6.40. The van der Waals surface area contributed by atoms with Crippen molar-refractivity contribution in [2.75, 3.05) is 6.54 Å². The monoisotopic (exact) mass is 394 g/mol. The van der Waals surface area contributed by atoms with Crippen LogP contribution in [0.4, 0.5) is 0 Å². The largest absolute Gasteiger partial charge is 0.334 e. The molecule has 0 radical (unpaired) electrons. The van der Waals surface area contributed by atoms with Crippen LogP contribution in [0.5, 0.6) is 0 Å². The molecule has 4 rings (SSSR count). The van der Waals surface area contributed by atoms with Crippen molar-refractivity contribution in [3.05, 3.63) is 53.9 Å². The van der Waals surface area contributed by atoms with Gasteiger partial charge in [-0.2, -0.15) is 5.10 Å². The molecule has 29 heavy (non-hydrogen) atoms. The molecule has 1 aromatic carbocycles. The lowest BCUT2D eigenvalue weighted by molar-refractivity contribution is -0.132. The SMILES string of the molecule is CC(=O)N1[C@H](Cc2ccccc2)C[C@H]2[C@H]1CCCCCN2C(=O)c1cnn(C)c1. The Morgan fingerprint density at radius 1 is 1.10 bits per heavy atom. The number of aryl methyl sites for hydroxylation is 1. The minimum absolute atomic E-state index is 0.0406. The Kier molecular flexibility index (Phi) is 5.69. The van der Waals surface area contributed by atoms with Crippen molar-refractivity contribution < 1.29 is 9.59 Å². The smallest absolute Gasteiger partial charge is 0.257 e. The first-order valence-corrected chi connectivity index (χ1v) is 10.7. The molecule has 2 amide bonds. The summed E-state index contributed by atoms with van der Waals surface area (Å²) in [5.74, 6) is 0.159. The molecule has 6 nitrogen and oxygen atoms in total. The van der Waals surface area contributed by atoms with Crippen LogP contribution in [0.2, 0.25) is 0 Å². The lowest BCUT2D eigenvalue weighted by Crippen LogP contribution is -2.50. The summed E-state index contributed by atoms with van der Waals surface area (Å²) in [4.78, 5) is 30.1. The van der Waals surface area contributed by atoms with Gasteiger partial charge in [0.2, 0.25) is 5.91 Å². The van der Waals surface area contributed by atoms with Crippen molar-refractivity contribution in [1.82, 2.24) is 19.6 Å². The Bertz CT molecular complexity index is 863. The topological polar surface area (TPSA) is 58.4 Å². The van der Waals surface area contributed by atoms with Crippen LogP contribution in [-0.2, 0) is 18.3 Å². The maximum Gasteiger partial charge on any atom is 0.257 e. The summed E-state index contributed by atoms with van der Waals surface area (Å²) in [6.45, 7) is 2.42. The van der Waals surface area contributed by atoms with Crippen molar-refractivity contribution >= 4 is 11.8 Å². The van der Waals surface area contributed by atoms with Gasteiger partial charge in [0.15, 0.2) is 0 Å². The highest BCUT2D eigenvalue weighted by Gasteiger charge is 2.46. The number of carbonyl (C=O) groups excluding carboxylic acids is 2. The predicted molar refractivity (Wildman–Crippen MR) is 111 cm³/mol. The summed E-state index contributed by atoms with van der Waals surface area (Å²) >= 11 is 0. The zero-order valence-corrected chi connectivity index (χ0v) is 17.3. The minimum Gasteiger partial charge on any atom is -0.334 e. The number of fused-ring (bicyclic) bond motifs is 1. The molecule has 0 spiro atoms. The van der Waals surface area contributed by atoms with Gasteiger partial charge in [-0.1, -0.05) is 43.2 Å². The normalized spacial score (nSPS) is 24.7. The predicted octanol–water partition coefficient (Wildman–Crippen LogP) is 3.04. The lowest BCUT2D eigenvalue weighted by atomic mass is 9.95. The lowest BCUT2D eigenvalue weighted by Gasteiger charge is -2.37. The second-order valence-electron chi connectivity index (χ2n) is 8.39. The Morgan fingerprint density at radius 3 is 2.59 bits per heavy atom. The third kappa shape index (κ3) is 4.07. The van der Waals surface area contributed by atoms with Crippen molar-refractivity contribution in [3.63, 3.8) is 0 Å². The summed E-state index contributed by atoms with van der Waals surface area (Å²) in [6, 6.07) is 10.7. The van der Waals surface area contributed by atoms with Crippen LogP contribution >= 0.6 is 0 Å². The summed E-state index contributed by atoms with van der Waals surface area (Å²) in [5.41, 5.74) is 1.87. The molecule has 3 heterocycles. The Hall–Kier alpha value is -2.63. The molecule has 2 fully saturated rings. The summed E-state index contributed by atoms with van der Waals surface area (Å²) in [7, 11) is 1.83. The molecule has 3 atom stereocenters. The van der Waals surface area contributed by atoms with Gasteiger partial charge in [-0.05, 0) is 31.2 Å². The number of hydrogen-bond donors (Lipinski definition) is 0. The summed E-state index contributed by atoms with van der Waals surface area (Å²) in [5, 5.41) is 4.18. The number of hydrogen-bond acceptors (Lipinski definition) is 3. The average molecular weight is 395 g/mol. The number of rotatable bonds is 3. The molecular formula is C23H30N4O2. The maximum atomic E-state index is 13.3. The molecule has 154 valence electrons. The van der Waals surface area contributed by atoms with E-state index in [1.165, 1.54) is 5.56 Å². The first-order chi connectivity index (χ1) is 14.0. The van der Waals surface area contributed by atoms with E-state index in [1.54, 1.807) is 24.0 Å². The molecule has 1 aromatic heterocycles. The second kappa shape index (κ2) is 8.39. The number of aromatic nitrogens is 2. The highest BCUT2D eigenvalue weighted by Crippen LogP contribution is 2.36. The van der Waals surface area contributed by atoms with Gasteiger partial charge in [0.1, 0.15) is 0 Å². The zero-order chi connectivity index (χ0) is 20.4. The van der Waals surface area contributed by atoms with Crippen LogP contribution in [0, 0.1) is 0 Å². The van der Waals surface area contributed by atoms with Gasteiger partial charge in [0.25, 0.3) is 5.91 Å². The van der Waals surface area contributed by atoms with E-state index in [-0.39, 0.29) is 29.9 Å². The van der Waals surface area contributed by atoms with E-state index in [9.17, 15) is 9.59 Å². The first-order valence-electron chi connectivity index (χ1n) is 10.7. The Labute approximate surface area is 172 Å². The molecule has 6 heteroatoms. The number of nitrogens with zero attached hydrogens (tertiary/aromatic N) is 4. The standard InChI is InChI=1S/C23H30N4O2/c1-17(28)27-20(13-18-9-5-3-6-10-18)14-22-21(27)11-7-4-8-12-26(22)23(29)19-15-24-25(2)16-19/h3,5-6,9-10,15-16,20-22H,4,7-8,11-14H2,1-2H3/t20-,21-,22+/m1/s1. The third-order valence-corrected chi connectivity index (χ3v) is 6.40. The maximum absolute atomic E-state index is 13.3. The van der Waals surface area contributed by atoms with Crippen LogP contribution in [-0.4, -0.2) is 56.1 Å². The number of likely N-dealkylation sites (tertiary alicyclic amines) is 2. The van der Waals surface area contributed by atoms with Crippen molar-refractivity contribution in [3.8, 4) is 0 Å². The van der Waals surface area contributed by atoms with Crippen LogP contribution in [0.25, 0.3) is 0 Å². The van der Waals surface area contributed by atoms with E-state index in [4.69, 9.17) is 0 Å². The Morgan fingerprint density at radius 2 is 1.90 bits per heavy atom. The summed E-state index contributed by atoms with van der Waals surface area (Å²) < 4.78 is 1.67. The van der Waals surface area contributed by atoms with Crippen molar-refractivity contribution in [2.24, 2.45) is 7.05 Å². The van der Waals surface area contributed by atoms with E-state index < -0.39 is 0 Å². The van der Waals surface area contributed by atoms with Gasteiger partial charge in [-0.25, -0.2) is 0 Å². The fourth-order valence-corrected chi connectivity index (χ4v) is 5.16. The van der Waals surface area contributed by atoms with E-state index in [0.29, 0.717) is 5.56 Å². The molecule has 0 saturated carbocycles. The highest BCUT2D eigenvalue weighted by molar-refractivity contribution is 5.94. The van der Waals surface area contributed by atoms with Gasteiger partial charge in [0, 0.05) is 32.8 Å². The molecular weight excluding hydrogens is 364 g/mol. The quantitative estimate of drug-likeness (QED) is 0.804. The fraction of sp³-hybridized carbons (Fsp3) is 0.522. The van der Waals surface area contributed by atoms with Crippen LogP contribution in [0.15, 0.2) is 42.7 Å². The van der Waals surface area contributed by atoms with Crippen molar-refractivity contribution in [2.45, 2.75) is 63.6 Å². The van der Waals surface area contributed by atoms with Crippen LogP contribution < -0.4 is 0 Å². The van der Waals surface area contributed by atoms with Gasteiger partial charge in [0.05, 0.1) is 23.8 Å².